The standard InChI is InChI=1S/C8H10S/c9-7-3-6-8-4-1-2-5-8/h1-2,4,9H,3,6-7H2. The fraction of sp³-hybridized carbons (Fsp3) is 0.375. The maximum absolute atomic E-state index is 4.12. The zero-order valence-electron chi connectivity index (χ0n) is 5.30. The summed E-state index contributed by atoms with van der Waals surface area (Å²) in [5.41, 5.74) is 4.45. The third-order valence-corrected chi connectivity index (χ3v) is 1.58. The van der Waals surface area contributed by atoms with Crippen molar-refractivity contribution in [3.05, 3.63) is 29.5 Å². The van der Waals surface area contributed by atoms with Gasteiger partial charge in [0.2, 0.25) is 0 Å². The van der Waals surface area contributed by atoms with Crippen molar-refractivity contribution in [2.45, 2.75) is 12.8 Å². The Bertz CT molecular complexity index is 171. The van der Waals surface area contributed by atoms with E-state index in [-0.39, 0.29) is 0 Å². The molecule has 0 N–H and O–H groups in total. The van der Waals surface area contributed by atoms with E-state index in [1.54, 1.807) is 0 Å². The Kier molecular flexibility index (Phi) is 2.69. The number of rotatable bonds is 3. The fourth-order valence-corrected chi connectivity index (χ4v) is 0.951. The lowest BCUT2D eigenvalue weighted by Gasteiger charge is -1.91. The van der Waals surface area contributed by atoms with Gasteiger partial charge in [-0.3, -0.25) is 0 Å². The van der Waals surface area contributed by atoms with Crippen molar-refractivity contribution in [2.24, 2.45) is 0 Å². The van der Waals surface area contributed by atoms with Crippen LogP contribution in [0.5, 0.6) is 0 Å². The van der Waals surface area contributed by atoms with E-state index in [2.05, 4.69) is 24.4 Å². The van der Waals surface area contributed by atoms with Crippen LogP contribution in [0.2, 0.25) is 0 Å². The second-order valence-corrected chi connectivity index (χ2v) is 2.47. The lowest BCUT2D eigenvalue weighted by atomic mass is 10.2. The summed E-state index contributed by atoms with van der Waals surface area (Å²) in [6.07, 6.45) is 8.35. The quantitative estimate of drug-likeness (QED) is 0.449. The summed E-state index contributed by atoms with van der Waals surface area (Å²) in [5.74, 6) is 0.971. The van der Waals surface area contributed by atoms with Gasteiger partial charge in [0.05, 0.1) is 0 Å². The smallest absolute Gasteiger partial charge is 0.00598 e. The average Bonchev–Trinajstić information content (AvgIpc) is 2.34. The Morgan fingerprint density at radius 2 is 2.44 bits per heavy atom. The van der Waals surface area contributed by atoms with Gasteiger partial charge in [-0.15, -0.1) is 5.73 Å². The number of allylic oxidation sites excluding steroid dienone is 3. The van der Waals surface area contributed by atoms with Gasteiger partial charge in [-0.05, 0) is 30.2 Å². The van der Waals surface area contributed by atoms with Crippen LogP contribution in [0, 0.1) is 0 Å². The molecule has 1 heteroatoms. The summed E-state index contributed by atoms with van der Waals surface area (Å²) in [6, 6.07) is 0. The Morgan fingerprint density at radius 1 is 1.56 bits per heavy atom. The van der Waals surface area contributed by atoms with Crippen LogP contribution in [-0.4, -0.2) is 5.75 Å². The molecule has 0 atom stereocenters. The van der Waals surface area contributed by atoms with E-state index in [0.717, 1.165) is 18.6 Å². The average molecular weight is 138 g/mol. The van der Waals surface area contributed by atoms with Crippen LogP contribution >= 0.6 is 12.6 Å². The minimum atomic E-state index is 0.971. The van der Waals surface area contributed by atoms with Crippen molar-refractivity contribution in [1.82, 2.24) is 0 Å². The molecular formula is C8H10S. The Hall–Kier alpha value is -0.390. The summed E-state index contributed by atoms with van der Waals surface area (Å²) in [7, 11) is 0. The summed E-state index contributed by atoms with van der Waals surface area (Å²) < 4.78 is 0. The minimum Gasteiger partial charge on any atom is -0.179 e. The zero-order chi connectivity index (χ0) is 6.53. The van der Waals surface area contributed by atoms with Gasteiger partial charge in [0.1, 0.15) is 0 Å². The van der Waals surface area contributed by atoms with Crippen molar-refractivity contribution in [3.8, 4) is 0 Å². The van der Waals surface area contributed by atoms with Gasteiger partial charge in [-0.2, -0.15) is 12.6 Å². The maximum atomic E-state index is 4.12. The van der Waals surface area contributed by atoms with Crippen LogP contribution in [0.4, 0.5) is 0 Å². The first-order valence-electron chi connectivity index (χ1n) is 3.16. The molecule has 1 aliphatic carbocycles. The van der Waals surface area contributed by atoms with Crippen molar-refractivity contribution in [1.29, 1.82) is 0 Å². The lowest BCUT2D eigenvalue weighted by Crippen LogP contribution is -1.76. The third kappa shape index (κ3) is 2.13. The molecule has 0 saturated heterocycles. The largest absolute Gasteiger partial charge is 0.179 e. The monoisotopic (exact) mass is 138 g/mol. The van der Waals surface area contributed by atoms with E-state index in [1.165, 1.54) is 5.57 Å². The van der Waals surface area contributed by atoms with Crippen molar-refractivity contribution in [2.75, 3.05) is 5.75 Å². The molecule has 0 amide bonds. The third-order valence-electron chi connectivity index (χ3n) is 1.27. The first-order chi connectivity index (χ1) is 4.43. The van der Waals surface area contributed by atoms with Crippen LogP contribution in [0.15, 0.2) is 29.5 Å². The second-order valence-electron chi connectivity index (χ2n) is 2.02. The predicted octanol–water partition coefficient (Wildman–Crippen LogP) is 2.35. The van der Waals surface area contributed by atoms with Crippen LogP contribution in [0.3, 0.4) is 0 Å². The Balaban J connectivity index is 2.29. The number of thiol groups is 1. The molecule has 0 unspecified atom stereocenters. The Labute approximate surface area is 61.4 Å². The molecule has 0 saturated carbocycles. The SMILES string of the molecule is SCCCC1=C=CC=C1. The molecular weight excluding hydrogens is 128 g/mol. The molecule has 0 aromatic rings. The van der Waals surface area contributed by atoms with Crippen molar-refractivity contribution >= 4 is 12.6 Å². The first kappa shape index (κ1) is 6.73. The normalized spacial score (nSPS) is 14.6. The van der Waals surface area contributed by atoms with E-state index < -0.39 is 0 Å². The zero-order valence-corrected chi connectivity index (χ0v) is 6.20. The highest BCUT2D eigenvalue weighted by atomic mass is 32.1. The van der Waals surface area contributed by atoms with Gasteiger partial charge >= 0.3 is 0 Å². The molecule has 0 radical (unpaired) electrons. The molecule has 0 heterocycles. The summed E-state index contributed by atoms with van der Waals surface area (Å²) in [6.45, 7) is 0. The van der Waals surface area contributed by atoms with Crippen molar-refractivity contribution < 1.29 is 0 Å². The maximum Gasteiger partial charge on any atom is -0.00598 e. The van der Waals surface area contributed by atoms with Gasteiger partial charge in [0.15, 0.2) is 0 Å². The van der Waals surface area contributed by atoms with Gasteiger partial charge < -0.3 is 0 Å². The van der Waals surface area contributed by atoms with Gasteiger partial charge in [-0.25, -0.2) is 0 Å². The van der Waals surface area contributed by atoms with Crippen molar-refractivity contribution in [3.63, 3.8) is 0 Å². The summed E-state index contributed by atoms with van der Waals surface area (Å²) >= 11 is 4.12. The molecule has 0 aromatic heterocycles. The van der Waals surface area contributed by atoms with Gasteiger partial charge in [0.25, 0.3) is 0 Å². The molecule has 0 nitrogen and oxygen atoms in total. The van der Waals surface area contributed by atoms with Crippen LogP contribution < -0.4 is 0 Å². The number of hydrogen-bond donors (Lipinski definition) is 1. The molecule has 48 valence electrons. The topological polar surface area (TPSA) is 0 Å². The number of hydrogen-bond acceptors (Lipinski definition) is 1. The van der Waals surface area contributed by atoms with Crippen LogP contribution in [0.25, 0.3) is 0 Å². The van der Waals surface area contributed by atoms with Gasteiger partial charge in [0, 0.05) is 0 Å². The second kappa shape index (κ2) is 3.60. The summed E-state index contributed by atoms with van der Waals surface area (Å²) in [5, 5.41) is 0. The van der Waals surface area contributed by atoms with E-state index >= 15 is 0 Å². The highest BCUT2D eigenvalue weighted by Crippen LogP contribution is 2.09. The predicted molar refractivity (Wildman–Crippen MR) is 43.8 cm³/mol. The van der Waals surface area contributed by atoms with Crippen LogP contribution in [-0.2, 0) is 0 Å². The van der Waals surface area contributed by atoms with E-state index in [4.69, 9.17) is 0 Å². The summed E-state index contributed by atoms with van der Waals surface area (Å²) in [4.78, 5) is 0. The molecule has 1 rings (SSSR count). The molecule has 0 aliphatic heterocycles. The molecule has 0 fully saturated rings. The fourth-order valence-electron chi connectivity index (χ4n) is 0.793. The lowest BCUT2D eigenvalue weighted by molar-refractivity contribution is 0.945. The minimum absolute atomic E-state index is 0.971. The van der Waals surface area contributed by atoms with E-state index in [1.807, 2.05) is 12.2 Å². The Morgan fingerprint density at radius 3 is 3.00 bits per heavy atom. The molecule has 0 aromatic carbocycles. The molecule has 0 spiro atoms. The highest BCUT2D eigenvalue weighted by molar-refractivity contribution is 7.80. The highest BCUT2D eigenvalue weighted by Gasteiger charge is 1.91. The molecule has 1 aliphatic rings. The van der Waals surface area contributed by atoms with Crippen LogP contribution in [0.1, 0.15) is 12.8 Å². The first-order valence-corrected chi connectivity index (χ1v) is 3.80. The van der Waals surface area contributed by atoms with E-state index in [9.17, 15) is 0 Å². The van der Waals surface area contributed by atoms with Gasteiger partial charge in [-0.1, -0.05) is 12.2 Å². The van der Waals surface area contributed by atoms with E-state index in [0.29, 0.717) is 0 Å². The molecule has 9 heavy (non-hydrogen) atoms. The molecule has 0 bridgehead atoms.